The molecule has 1 aromatic heterocycles. The lowest BCUT2D eigenvalue weighted by molar-refractivity contribution is -0.138. The first-order valence-electron chi connectivity index (χ1n) is 12.1. The van der Waals surface area contributed by atoms with Gasteiger partial charge in [-0.2, -0.15) is 4.72 Å². The number of ketones is 1. The first kappa shape index (κ1) is 26.9. The van der Waals surface area contributed by atoms with E-state index in [9.17, 15) is 23.1 Å². The summed E-state index contributed by atoms with van der Waals surface area (Å²) < 4.78 is 26.8. The van der Waals surface area contributed by atoms with Gasteiger partial charge in [0.1, 0.15) is 6.04 Å². The predicted octanol–water partition coefficient (Wildman–Crippen LogP) is 5.05. The number of nitrogens with zero attached hydrogens (tertiary/aromatic N) is 1. The van der Waals surface area contributed by atoms with Gasteiger partial charge in [-0.05, 0) is 49.2 Å². The van der Waals surface area contributed by atoms with Gasteiger partial charge in [0.05, 0.1) is 16.1 Å². The molecule has 7 nitrogen and oxygen atoms in total. The van der Waals surface area contributed by atoms with Crippen LogP contribution < -0.4 is 4.72 Å². The van der Waals surface area contributed by atoms with Crippen LogP contribution in [0.2, 0.25) is 0 Å². The third-order valence-electron chi connectivity index (χ3n) is 6.18. The van der Waals surface area contributed by atoms with Crippen molar-refractivity contribution in [3.63, 3.8) is 0 Å². The van der Waals surface area contributed by atoms with Crippen molar-refractivity contribution >= 4 is 38.8 Å². The van der Waals surface area contributed by atoms with Crippen molar-refractivity contribution < 1.29 is 23.1 Å². The first-order chi connectivity index (χ1) is 18.1. The van der Waals surface area contributed by atoms with Gasteiger partial charge in [-0.25, -0.2) is 13.4 Å². The van der Waals surface area contributed by atoms with Gasteiger partial charge in [0.2, 0.25) is 10.0 Å². The average Bonchev–Trinajstić information content (AvgIpc) is 2.91. The Kier molecular flexibility index (Phi) is 8.14. The summed E-state index contributed by atoms with van der Waals surface area (Å²) in [5.74, 6) is -1.08. The summed E-state index contributed by atoms with van der Waals surface area (Å²) in [5, 5.41) is 10.3. The molecule has 8 heteroatoms. The van der Waals surface area contributed by atoms with Gasteiger partial charge in [0.25, 0.3) is 0 Å². The lowest BCUT2D eigenvalue weighted by Crippen LogP contribution is -2.42. The van der Waals surface area contributed by atoms with Gasteiger partial charge in [-0.1, -0.05) is 79.2 Å². The molecule has 3 aromatic carbocycles. The van der Waals surface area contributed by atoms with Crippen molar-refractivity contribution in [1.82, 2.24) is 9.71 Å². The summed E-state index contributed by atoms with van der Waals surface area (Å²) in [6.07, 6.45) is 3.93. The number of carboxylic acids is 1. The van der Waals surface area contributed by atoms with Gasteiger partial charge in [0, 0.05) is 16.9 Å². The summed E-state index contributed by atoms with van der Waals surface area (Å²) in [6, 6.07) is 23.7. The number of allylic oxidation sites excluding steroid dienone is 1. The molecule has 5 rings (SSSR count). The smallest absolute Gasteiger partial charge is 0.322 e. The van der Waals surface area contributed by atoms with E-state index in [2.05, 4.69) is 9.71 Å². The molecule has 38 heavy (non-hydrogen) atoms. The highest BCUT2D eigenvalue weighted by atomic mass is 32.2. The number of aromatic nitrogens is 1. The summed E-state index contributed by atoms with van der Waals surface area (Å²) >= 11 is 0. The fraction of sp³-hybridized carbons (Fsp3) is 0.167. The number of sulfonamides is 1. The molecule has 0 aliphatic heterocycles. The number of nitrogens with one attached hydrogen (secondary N) is 1. The number of hydrogen-bond acceptors (Lipinski definition) is 5. The zero-order valence-electron chi connectivity index (χ0n) is 21.0. The van der Waals surface area contributed by atoms with Crippen molar-refractivity contribution in [3.8, 4) is 0 Å². The fourth-order valence-electron chi connectivity index (χ4n) is 4.03. The number of aliphatic carboxylic acids is 1. The minimum absolute atomic E-state index is 0.0320. The summed E-state index contributed by atoms with van der Waals surface area (Å²) in [6.45, 7) is 3.76. The first-order valence-corrected chi connectivity index (χ1v) is 13.6. The van der Waals surface area contributed by atoms with Crippen LogP contribution in [0.3, 0.4) is 0 Å². The highest BCUT2D eigenvalue weighted by Crippen LogP contribution is 2.25. The Morgan fingerprint density at radius 3 is 2.34 bits per heavy atom. The minimum atomic E-state index is -3.87. The average molecular weight is 529 g/mol. The number of aryl methyl sites for hydroxylation is 1. The normalized spacial score (nSPS) is 15.3. The second kappa shape index (κ2) is 11.5. The van der Waals surface area contributed by atoms with Crippen LogP contribution in [0.15, 0.2) is 95.9 Å². The van der Waals surface area contributed by atoms with Crippen LogP contribution in [0.25, 0.3) is 17.0 Å². The van der Waals surface area contributed by atoms with Gasteiger partial charge in [-0.3, -0.25) is 9.59 Å². The van der Waals surface area contributed by atoms with Crippen LogP contribution >= 0.6 is 0 Å². The SMILES string of the molecule is CC1C=Cc2nc3ccccc3cc2C1=O.Cc1ccc(S(=O)(=O)N[C@@H](Cc2ccccc2)C(=O)O)cc1. The van der Waals surface area contributed by atoms with Crippen LogP contribution in [0.1, 0.15) is 34.1 Å². The number of carbonyl (C=O) groups excluding carboxylic acids is 1. The van der Waals surface area contributed by atoms with E-state index in [1.54, 1.807) is 36.4 Å². The second-order valence-corrected chi connectivity index (χ2v) is 10.9. The Morgan fingerprint density at radius 2 is 1.66 bits per heavy atom. The maximum Gasteiger partial charge on any atom is 0.322 e. The number of pyridine rings is 1. The maximum atomic E-state index is 12.3. The van der Waals surface area contributed by atoms with Crippen molar-refractivity contribution in [1.29, 1.82) is 0 Å². The van der Waals surface area contributed by atoms with Crippen LogP contribution in [-0.2, 0) is 21.2 Å². The molecule has 0 radical (unpaired) electrons. The van der Waals surface area contributed by atoms with E-state index < -0.39 is 22.0 Å². The molecule has 0 bridgehead atoms. The van der Waals surface area contributed by atoms with Gasteiger partial charge < -0.3 is 5.11 Å². The topological polar surface area (TPSA) is 113 Å². The van der Waals surface area contributed by atoms with E-state index in [-0.39, 0.29) is 23.0 Å². The standard InChI is InChI=1S/C16H17NO4S.C14H11NO/c1-12-7-9-14(10-8-12)22(20,21)17-15(16(18)19)11-13-5-3-2-4-6-13;1-9-6-7-13-11(14(9)16)8-10-4-2-3-5-12(10)15-13/h2-10,15,17H,11H2,1H3,(H,18,19);2-9H,1H3/t15-;/m0./s1. The highest BCUT2D eigenvalue weighted by molar-refractivity contribution is 7.89. The number of para-hydroxylation sites is 1. The third-order valence-corrected chi connectivity index (χ3v) is 7.67. The Morgan fingerprint density at radius 1 is 1.00 bits per heavy atom. The van der Waals surface area contributed by atoms with E-state index in [4.69, 9.17) is 0 Å². The Hall–Kier alpha value is -4.14. The minimum Gasteiger partial charge on any atom is -0.480 e. The van der Waals surface area contributed by atoms with E-state index >= 15 is 0 Å². The zero-order valence-corrected chi connectivity index (χ0v) is 21.9. The predicted molar refractivity (Wildman–Crippen MR) is 147 cm³/mol. The molecule has 0 spiro atoms. The molecule has 0 fully saturated rings. The lowest BCUT2D eigenvalue weighted by Gasteiger charge is -2.15. The highest BCUT2D eigenvalue weighted by Gasteiger charge is 2.25. The number of rotatable bonds is 6. The number of carbonyl (C=O) groups is 2. The fourth-order valence-corrected chi connectivity index (χ4v) is 5.21. The van der Waals surface area contributed by atoms with E-state index in [0.717, 1.165) is 33.3 Å². The lowest BCUT2D eigenvalue weighted by atomic mass is 9.91. The Labute approximate surface area is 221 Å². The maximum absolute atomic E-state index is 12.3. The monoisotopic (exact) mass is 528 g/mol. The molecule has 1 heterocycles. The van der Waals surface area contributed by atoms with Gasteiger partial charge in [-0.15, -0.1) is 0 Å². The zero-order chi connectivity index (χ0) is 27.3. The molecule has 2 atom stereocenters. The van der Waals surface area contributed by atoms with Crippen molar-refractivity contribution in [2.75, 3.05) is 0 Å². The number of benzene rings is 3. The molecular weight excluding hydrogens is 500 g/mol. The largest absolute Gasteiger partial charge is 0.480 e. The number of Topliss-reactive ketones (excluding diaryl/α,β-unsaturated/α-hetero) is 1. The Balaban J connectivity index is 0.000000185. The molecule has 194 valence electrons. The Bertz CT molecular complexity index is 1600. The molecule has 1 aliphatic carbocycles. The van der Waals surface area contributed by atoms with Crippen molar-refractivity contribution in [3.05, 3.63) is 113 Å². The second-order valence-electron chi connectivity index (χ2n) is 9.14. The van der Waals surface area contributed by atoms with Crippen LogP contribution in [-0.4, -0.2) is 36.3 Å². The van der Waals surface area contributed by atoms with Crippen LogP contribution in [0.4, 0.5) is 0 Å². The number of carboxylic acid groups (broad SMARTS) is 1. The van der Waals surface area contributed by atoms with E-state index in [1.807, 2.05) is 62.4 Å². The quantitative estimate of drug-likeness (QED) is 0.362. The summed E-state index contributed by atoms with van der Waals surface area (Å²) in [5.41, 5.74) is 4.16. The summed E-state index contributed by atoms with van der Waals surface area (Å²) in [4.78, 5) is 27.9. The van der Waals surface area contributed by atoms with Gasteiger partial charge >= 0.3 is 5.97 Å². The number of fused-ring (bicyclic) bond motifs is 2. The molecule has 2 N–H and O–H groups in total. The van der Waals surface area contributed by atoms with Crippen LogP contribution in [0, 0.1) is 12.8 Å². The van der Waals surface area contributed by atoms with Crippen molar-refractivity contribution in [2.45, 2.75) is 31.2 Å². The van der Waals surface area contributed by atoms with E-state index in [1.165, 1.54) is 12.1 Å². The van der Waals surface area contributed by atoms with Crippen LogP contribution in [0.5, 0.6) is 0 Å². The van der Waals surface area contributed by atoms with Gasteiger partial charge in [0.15, 0.2) is 5.78 Å². The third kappa shape index (κ3) is 6.40. The molecular formula is C30H28N2O5S. The molecule has 1 unspecified atom stereocenters. The van der Waals surface area contributed by atoms with Crippen molar-refractivity contribution in [2.24, 2.45) is 5.92 Å². The summed E-state index contributed by atoms with van der Waals surface area (Å²) in [7, 11) is -3.87. The molecule has 4 aromatic rings. The number of hydrogen-bond donors (Lipinski definition) is 2. The van der Waals surface area contributed by atoms with E-state index in [0.29, 0.717) is 0 Å². The molecule has 0 saturated heterocycles. The molecule has 0 saturated carbocycles. The molecule has 0 amide bonds. The molecule has 1 aliphatic rings.